The SMILES string of the molecule is CN(C)C(=O)NC1CC(C)(C)Oc2nc(-c3ccc(Cl)cc3Cl)c(-c3ccc(Cl)cc3)cc21. The molecule has 0 radical (unpaired) electrons. The predicted molar refractivity (Wildman–Crippen MR) is 134 cm³/mol. The maximum absolute atomic E-state index is 12.5. The smallest absolute Gasteiger partial charge is 0.317 e. The van der Waals surface area contributed by atoms with Gasteiger partial charge >= 0.3 is 6.03 Å². The molecule has 0 spiro atoms. The number of carbonyl (C=O) groups is 1. The summed E-state index contributed by atoms with van der Waals surface area (Å²) in [7, 11) is 3.42. The number of amides is 2. The molecule has 33 heavy (non-hydrogen) atoms. The number of nitrogens with one attached hydrogen (secondary N) is 1. The van der Waals surface area contributed by atoms with Crippen molar-refractivity contribution in [1.82, 2.24) is 15.2 Å². The summed E-state index contributed by atoms with van der Waals surface area (Å²) in [4.78, 5) is 18.9. The van der Waals surface area contributed by atoms with E-state index >= 15 is 0 Å². The molecule has 172 valence electrons. The Labute approximate surface area is 208 Å². The second kappa shape index (κ2) is 9.05. The molecule has 1 atom stereocenters. The maximum atomic E-state index is 12.5. The number of hydrogen-bond acceptors (Lipinski definition) is 3. The second-order valence-electron chi connectivity index (χ2n) is 8.87. The van der Waals surface area contributed by atoms with Crippen molar-refractivity contribution < 1.29 is 9.53 Å². The molecule has 0 fully saturated rings. The van der Waals surface area contributed by atoms with Gasteiger partial charge in [0, 0.05) is 47.3 Å². The fourth-order valence-electron chi connectivity index (χ4n) is 3.89. The highest BCUT2D eigenvalue weighted by atomic mass is 35.5. The summed E-state index contributed by atoms with van der Waals surface area (Å²) >= 11 is 18.8. The van der Waals surface area contributed by atoms with Gasteiger partial charge in [-0.25, -0.2) is 9.78 Å². The number of pyridine rings is 1. The molecule has 1 aliphatic heterocycles. The highest BCUT2D eigenvalue weighted by Crippen LogP contribution is 2.44. The van der Waals surface area contributed by atoms with Crippen molar-refractivity contribution in [2.24, 2.45) is 0 Å². The first-order valence-electron chi connectivity index (χ1n) is 10.5. The van der Waals surface area contributed by atoms with Crippen LogP contribution in [0.4, 0.5) is 4.79 Å². The van der Waals surface area contributed by atoms with Crippen LogP contribution in [0.25, 0.3) is 22.4 Å². The molecule has 1 aromatic heterocycles. The molecule has 1 unspecified atom stereocenters. The molecule has 5 nitrogen and oxygen atoms in total. The molecule has 1 aliphatic rings. The molecule has 2 aromatic carbocycles. The van der Waals surface area contributed by atoms with Crippen LogP contribution in [0.2, 0.25) is 15.1 Å². The fourth-order valence-corrected chi connectivity index (χ4v) is 4.52. The van der Waals surface area contributed by atoms with Crippen LogP contribution in [-0.2, 0) is 0 Å². The van der Waals surface area contributed by atoms with E-state index in [0.717, 1.165) is 22.3 Å². The van der Waals surface area contributed by atoms with Crippen LogP contribution in [-0.4, -0.2) is 35.6 Å². The Balaban J connectivity index is 1.94. The van der Waals surface area contributed by atoms with E-state index in [1.807, 2.05) is 50.2 Å². The van der Waals surface area contributed by atoms with Gasteiger partial charge in [-0.1, -0.05) is 46.9 Å². The van der Waals surface area contributed by atoms with Crippen molar-refractivity contribution in [1.29, 1.82) is 0 Å². The molecular weight excluding hydrogens is 481 g/mol. The first-order chi connectivity index (χ1) is 15.5. The molecule has 4 rings (SSSR count). The molecule has 8 heteroatoms. The zero-order valence-corrected chi connectivity index (χ0v) is 21.0. The van der Waals surface area contributed by atoms with E-state index in [4.69, 9.17) is 44.5 Å². The van der Waals surface area contributed by atoms with Crippen LogP contribution in [0.3, 0.4) is 0 Å². The summed E-state index contributed by atoms with van der Waals surface area (Å²) < 4.78 is 6.26. The average Bonchev–Trinajstić information content (AvgIpc) is 2.73. The lowest BCUT2D eigenvalue weighted by Crippen LogP contribution is -2.44. The van der Waals surface area contributed by atoms with Gasteiger partial charge in [0.2, 0.25) is 5.88 Å². The Morgan fingerprint density at radius 3 is 2.33 bits per heavy atom. The Kier molecular flexibility index (Phi) is 6.50. The van der Waals surface area contributed by atoms with Gasteiger partial charge in [-0.2, -0.15) is 0 Å². The second-order valence-corrected chi connectivity index (χ2v) is 10.2. The molecule has 0 saturated heterocycles. The van der Waals surface area contributed by atoms with Crippen molar-refractivity contribution in [3.63, 3.8) is 0 Å². The van der Waals surface area contributed by atoms with Crippen LogP contribution >= 0.6 is 34.8 Å². The van der Waals surface area contributed by atoms with Crippen molar-refractivity contribution in [3.05, 3.63) is 69.2 Å². The monoisotopic (exact) mass is 503 g/mol. The van der Waals surface area contributed by atoms with Gasteiger partial charge in [0.25, 0.3) is 0 Å². The zero-order chi connectivity index (χ0) is 23.9. The Hall–Kier alpha value is -2.47. The number of halogens is 3. The summed E-state index contributed by atoms with van der Waals surface area (Å²) in [6.07, 6.45) is 0.600. The Morgan fingerprint density at radius 1 is 1.03 bits per heavy atom. The number of fused-ring (bicyclic) bond motifs is 1. The van der Waals surface area contributed by atoms with E-state index < -0.39 is 5.60 Å². The molecule has 0 bridgehead atoms. The van der Waals surface area contributed by atoms with Crippen LogP contribution in [0.15, 0.2) is 48.5 Å². The molecule has 0 aliphatic carbocycles. The molecule has 1 N–H and O–H groups in total. The lowest BCUT2D eigenvalue weighted by molar-refractivity contribution is 0.0613. The van der Waals surface area contributed by atoms with Gasteiger partial charge in [-0.05, 0) is 55.8 Å². The summed E-state index contributed by atoms with van der Waals surface area (Å²) in [5, 5.41) is 4.76. The summed E-state index contributed by atoms with van der Waals surface area (Å²) in [6, 6.07) is 14.4. The number of rotatable bonds is 3. The van der Waals surface area contributed by atoms with E-state index in [1.54, 1.807) is 26.2 Å². The highest BCUT2D eigenvalue weighted by Gasteiger charge is 2.37. The van der Waals surface area contributed by atoms with Gasteiger partial charge in [0.15, 0.2) is 0 Å². The highest BCUT2D eigenvalue weighted by molar-refractivity contribution is 6.36. The molecule has 2 amide bonds. The minimum atomic E-state index is -0.521. The first-order valence-corrected chi connectivity index (χ1v) is 11.6. The number of benzene rings is 2. The number of urea groups is 1. The quantitative estimate of drug-likeness (QED) is 0.409. The predicted octanol–water partition coefficient (Wildman–Crippen LogP) is 7.25. The van der Waals surface area contributed by atoms with Crippen LogP contribution in [0.5, 0.6) is 5.88 Å². The maximum Gasteiger partial charge on any atom is 0.317 e. The lowest BCUT2D eigenvalue weighted by Gasteiger charge is -2.38. The normalized spacial score (nSPS) is 16.5. The van der Waals surface area contributed by atoms with Gasteiger partial charge in [-0.15, -0.1) is 0 Å². The molecule has 3 aromatic rings. The van der Waals surface area contributed by atoms with Crippen molar-refractivity contribution in [2.45, 2.75) is 31.9 Å². The number of nitrogens with zero attached hydrogens (tertiary/aromatic N) is 2. The molecular formula is C25H24Cl3N3O2. The number of ether oxygens (including phenoxy) is 1. The van der Waals surface area contributed by atoms with Gasteiger partial charge in [0.1, 0.15) is 5.60 Å². The topological polar surface area (TPSA) is 54.5 Å². The third kappa shape index (κ3) is 5.06. The standard InChI is InChI=1S/C25H24Cl3N3O2/c1-25(2)13-21(29-24(32)31(3)4)19-12-18(14-5-7-15(26)8-6-14)22(30-23(19)33-25)17-10-9-16(27)11-20(17)28/h5-12,21H,13H2,1-4H3,(H,29,32). The van der Waals surface area contributed by atoms with Crippen LogP contribution in [0.1, 0.15) is 31.9 Å². The summed E-state index contributed by atoms with van der Waals surface area (Å²) in [5.41, 5.74) is 3.44. The Bertz CT molecular complexity index is 1210. The average molecular weight is 505 g/mol. The van der Waals surface area contributed by atoms with Gasteiger partial charge < -0.3 is 15.0 Å². The number of aromatic nitrogens is 1. The third-order valence-electron chi connectivity index (χ3n) is 5.50. The van der Waals surface area contributed by atoms with Crippen molar-refractivity contribution >= 4 is 40.8 Å². The minimum absolute atomic E-state index is 0.179. The van der Waals surface area contributed by atoms with E-state index in [2.05, 4.69) is 5.32 Å². The Morgan fingerprint density at radius 2 is 1.70 bits per heavy atom. The summed E-state index contributed by atoms with van der Waals surface area (Å²) in [5.74, 6) is 0.467. The van der Waals surface area contributed by atoms with Crippen molar-refractivity contribution in [3.8, 4) is 28.3 Å². The zero-order valence-electron chi connectivity index (χ0n) is 18.7. The van der Waals surface area contributed by atoms with Gasteiger partial charge in [0.05, 0.1) is 16.8 Å². The van der Waals surface area contributed by atoms with E-state index in [9.17, 15) is 4.79 Å². The van der Waals surface area contributed by atoms with E-state index in [1.165, 1.54) is 4.90 Å². The van der Waals surface area contributed by atoms with Gasteiger partial charge in [-0.3, -0.25) is 0 Å². The summed E-state index contributed by atoms with van der Waals surface area (Å²) in [6.45, 7) is 3.96. The molecule has 2 heterocycles. The number of carbonyl (C=O) groups excluding carboxylic acids is 1. The van der Waals surface area contributed by atoms with E-state index in [0.29, 0.717) is 33.1 Å². The lowest BCUT2D eigenvalue weighted by atomic mass is 9.88. The minimum Gasteiger partial charge on any atom is -0.471 e. The van der Waals surface area contributed by atoms with Crippen LogP contribution in [0, 0.1) is 0 Å². The van der Waals surface area contributed by atoms with E-state index in [-0.39, 0.29) is 12.1 Å². The first kappa shape index (κ1) is 23.7. The van der Waals surface area contributed by atoms with Crippen molar-refractivity contribution in [2.75, 3.05) is 14.1 Å². The molecule has 0 saturated carbocycles. The number of hydrogen-bond donors (Lipinski definition) is 1. The van der Waals surface area contributed by atoms with Crippen LogP contribution < -0.4 is 10.1 Å². The fraction of sp³-hybridized carbons (Fsp3) is 0.280. The largest absolute Gasteiger partial charge is 0.471 e. The third-order valence-corrected chi connectivity index (χ3v) is 6.30.